The van der Waals surface area contributed by atoms with Gasteiger partial charge in [0.05, 0.1) is 19.0 Å². The average Bonchev–Trinajstić information content (AvgIpc) is 2.71. The minimum Gasteiger partial charge on any atom is -0.495 e. The third kappa shape index (κ3) is 5.59. The third-order valence-corrected chi connectivity index (χ3v) is 6.47. The lowest BCUT2D eigenvalue weighted by atomic mass is 9.96. The Morgan fingerprint density at radius 1 is 1.21 bits per heavy atom. The molecule has 2 aromatic carbocycles. The largest absolute Gasteiger partial charge is 0.495 e. The summed E-state index contributed by atoms with van der Waals surface area (Å²) in [5.41, 5.74) is 1.66. The second-order valence-corrected chi connectivity index (χ2v) is 10.2. The number of cyclic esters (lactones) is 1. The topological polar surface area (TPSA) is 108 Å². The van der Waals surface area contributed by atoms with Crippen molar-refractivity contribution in [3.63, 3.8) is 0 Å². The van der Waals surface area contributed by atoms with Gasteiger partial charge in [0.25, 0.3) is 0 Å². The predicted octanol–water partition coefficient (Wildman–Crippen LogP) is 4.66. The van der Waals surface area contributed by atoms with E-state index >= 15 is 0 Å². The van der Waals surface area contributed by atoms with Gasteiger partial charge in [0.1, 0.15) is 23.7 Å². The van der Waals surface area contributed by atoms with Crippen LogP contribution in [-0.4, -0.2) is 32.4 Å². The Labute approximate surface area is 194 Å². The lowest BCUT2D eigenvalue weighted by molar-refractivity contribution is 0.0454. The number of aryl methyl sites for hydroxylation is 1. The molecular formula is C24H30O8S. The summed E-state index contributed by atoms with van der Waals surface area (Å²) in [5.74, 6) is -0.172. The average molecular weight is 479 g/mol. The van der Waals surface area contributed by atoms with Crippen LogP contribution in [0.5, 0.6) is 23.0 Å². The Kier molecular flexibility index (Phi) is 7.54. The number of rotatable bonds is 8. The fourth-order valence-electron chi connectivity index (χ4n) is 3.77. The number of aliphatic hydroxyl groups excluding tert-OH is 1. The van der Waals surface area contributed by atoms with Crippen molar-refractivity contribution in [3.05, 3.63) is 46.5 Å². The molecule has 0 unspecified atom stereocenters. The van der Waals surface area contributed by atoms with Crippen molar-refractivity contribution in [1.29, 1.82) is 0 Å². The number of ether oxygens (including phenoxy) is 3. The van der Waals surface area contributed by atoms with Gasteiger partial charge in [-0.3, -0.25) is 0 Å². The summed E-state index contributed by atoms with van der Waals surface area (Å²) in [7, 11) is -2.43. The van der Waals surface area contributed by atoms with Crippen molar-refractivity contribution >= 4 is 16.1 Å². The van der Waals surface area contributed by atoms with E-state index in [1.807, 2.05) is 13.8 Å². The molecule has 180 valence electrons. The van der Waals surface area contributed by atoms with Crippen molar-refractivity contribution in [1.82, 2.24) is 0 Å². The zero-order valence-corrected chi connectivity index (χ0v) is 20.3. The van der Waals surface area contributed by atoms with E-state index in [2.05, 4.69) is 0 Å². The fourth-order valence-corrected chi connectivity index (χ4v) is 4.75. The molecule has 0 fully saturated rings. The number of fused-ring (bicyclic) bond motifs is 2. The van der Waals surface area contributed by atoms with E-state index in [1.165, 1.54) is 13.2 Å². The summed E-state index contributed by atoms with van der Waals surface area (Å²) < 4.78 is 47.1. The molecule has 0 saturated carbocycles. The maximum Gasteiger partial charge on any atom is 0.346 e. The van der Waals surface area contributed by atoms with Gasteiger partial charge in [0.15, 0.2) is 11.5 Å². The molecular weight excluding hydrogens is 448 g/mol. The van der Waals surface area contributed by atoms with E-state index in [-0.39, 0.29) is 46.8 Å². The molecule has 33 heavy (non-hydrogen) atoms. The van der Waals surface area contributed by atoms with Crippen molar-refractivity contribution in [2.75, 3.05) is 12.9 Å². The number of aliphatic hydroxyl groups is 1. The van der Waals surface area contributed by atoms with Crippen molar-refractivity contribution in [3.8, 4) is 23.0 Å². The standard InChI is InChI=1S/C24H30O8S/c1-6-9-33(27,28)32-20-12-15(4)11-16-13-30-24(26)21-19(31-22(16)20)8-7-17(23(21)29-5)18(25)10-14(2)3/h7-8,11-12,14,18,25H,6,9-10,13H2,1-5H3/t18-/m0/s1. The van der Waals surface area contributed by atoms with E-state index in [0.717, 1.165) is 5.56 Å². The van der Waals surface area contributed by atoms with Gasteiger partial charge in [-0.15, -0.1) is 0 Å². The lowest BCUT2D eigenvalue weighted by Crippen LogP contribution is -2.17. The Hall–Kier alpha value is -2.78. The Bertz CT molecular complexity index is 1140. The van der Waals surface area contributed by atoms with Crippen LogP contribution in [0.1, 0.15) is 66.8 Å². The van der Waals surface area contributed by atoms with Crippen LogP contribution in [0.2, 0.25) is 0 Å². The number of carbonyl (C=O) groups is 1. The van der Waals surface area contributed by atoms with Crippen LogP contribution in [-0.2, 0) is 21.5 Å². The van der Waals surface area contributed by atoms with E-state index in [4.69, 9.17) is 18.4 Å². The van der Waals surface area contributed by atoms with Crippen LogP contribution < -0.4 is 13.7 Å². The predicted molar refractivity (Wildman–Crippen MR) is 122 cm³/mol. The van der Waals surface area contributed by atoms with E-state index < -0.39 is 22.2 Å². The van der Waals surface area contributed by atoms with E-state index in [9.17, 15) is 18.3 Å². The first kappa shape index (κ1) is 24.9. The molecule has 3 rings (SSSR count). The summed E-state index contributed by atoms with van der Waals surface area (Å²) in [6.07, 6.45) is 0.0213. The van der Waals surface area contributed by atoms with Crippen LogP contribution in [0.15, 0.2) is 24.3 Å². The summed E-state index contributed by atoms with van der Waals surface area (Å²) in [4.78, 5) is 12.9. The molecule has 1 atom stereocenters. The Balaban J connectivity index is 2.14. The zero-order valence-electron chi connectivity index (χ0n) is 19.5. The molecule has 1 heterocycles. The maximum absolute atomic E-state index is 12.9. The molecule has 0 saturated heterocycles. The highest BCUT2D eigenvalue weighted by Crippen LogP contribution is 2.44. The monoisotopic (exact) mass is 478 g/mol. The molecule has 9 heteroatoms. The van der Waals surface area contributed by atoms with Crippen molar-refractivity contribution in [2.45, 2.75) is 53.2 Å². The van der Waals surface area contributed by atoms with Gasteiger partial charge in [-0.25, -0.2) is 4.79 Å². The number of hydrogen-bond donors (Lipinski definition) is 1. The van der Waals surface area contributed by atoms with Gasteiger partial charge in [-0.05, 0) is 55.5 Å². The summed E-state index contributed by atoms with van der Waals surface area (Å²) in [5, 5.41) is 10.7. The molecule has 1 aliphatic heterocycles. The van der Waals surface area contributed by atoms with Crippen LogP contribution in [0.4, 0.5) is 0 Å². The molecule has 0 bridgehead atoms. The highest BCUT2D eigenvalue weighted by Gasteiger charge is 2.31. The number of methoxy groups -OCH3 is 1. The van der Waals surface area contributed by atoms with Crippen LogP contribution in [0, 0.1) is 12.8 Å². The second-order valence-electron chi connectivity index (χ2n) is 8.48. The highest BCUT2D eigenvalue weighted by molar-refractivity contribution is 7.87. The SMILES string of the molecule is CCCS(=O)(=O)Oc1cc(C)cc2c1Oc1ccc([C@@H](O)CC(C)C)c(OC)c1C(=O)OC2. The van der Waals surface area contributed by atoms with Gasteiger partial charge in [0.2, 0.25) is 0 Å². The molecule has 0 aromatic heterocycles. The van der Waals surface area contributed by atoms with Gasteiger partial charge in [-0.2, -0.15) is 8.42 Å². The summed E-state index contributed by atoms with van der Waals surface area (Å²) in [6, 6.07) is 6.47. The molecule has 8 nitrogen and oxygen atoms in total. The zero-order chi connectivity index (χ0) is 24.3. The summed E-state index contributed by atoms with van der Waals surface area (Å²) >= 11 is 0. The smallest absolute Gasteiger partial charge is 0.346 e. The first-order valence-corrected chi connectivity index (χ1v) is 12.4. The van der Waals surface area contributed by atoms with Crippen LogP contribution >= 0.6 is 0 Å². The quantitative estimate of drug-likeness (QED) is 0.431. The van der Waals surface area contributed by atoms with Crippen molar-refractivity contribution < 1.29 is 36.7 Å². The molecule has 0 radical (unpaired) electrons. The molecule has 2 aromatic rings. The fraction of sp³-hybridized carbons (Fsp3) is 0.458. The van der Waals surface area contributed by atoms with Crippen LogP contribution in [0.25, 0.3) is 0 Å². The number of benzene rings is 2. The maximum atomic E-state index is 12.9. The van der Waals surface area contributed by atoms with Gasteiger partial charge >= 0.3 is 16.1 Å². The van der Waals surface area contributed by atoms with E-state index in [0.29, 0.717) is 24.0 Å². The first-order chi connectivity index (χ1) is 15.6. The number of hydrogen-bond acceptors (Lipinski definition) is 8. The normalized spacial score (nSPS) is 14.3. The minimum atomic E-state index is -3.83. The lowest BCUT2D eigenvalue weighted by Gasteiger charge is -2.24. The molecule has 0 spiro atoms. The minimum absolute atomic E-state index is 0.0187. The van der Waals surface area contributed by atoms with Crippen molar-refractivity contribution in [2.24, 2.45) is 5.92 Å². The van der Waals surface area contributed by atoms with Crippen LogP contribution in [0.3, 0.4) is 0 Å². The summed E-state index contributed by atoms with van der Waals surface area (Å²) in [6.45, 7) is 7.33. The number of esters is 1. The Morgan fingerprint density at radius 3 is 2.58 bits per heavy atom. The Morgan fingerprint density at radius 2 is 1.94 bits per heavy atom. The molecule has 1 N–H and O–H groups in total. The van der Waals surface area contributed by atoms with Gasteiger partial charge in [0, 0.05) is 11.1 Å². The molecule has 0 aliphatic carbocycles. The second kappa shape index (κ2) is 10.0. The highest BCUT2D eigenvalue weighted by atomic mass is 32.2. The van der Waals surface area contributed by atoms with Gasteiger partial charge in [-0.1, -0.05) is 20.8 Å². The number of carbonyl (C=O) groups excluding carboxylic acids is 1. The molecule has 0 amide bonds. The molecule has 1 aliphatic rings. The first-order valence-electron chi connectivity index (χ1n) is 10.9. The third-order valence-electron chi connectivity index (χ3n) is 5.13. The van der Waals surface area contributed by atoms with Gasteiger partial charge < -0.3 is 23.5 Å². The van der Waals surface area contributed by atoms with E-state index in [1.54, 1.807) is 32.0 Å².